The van der Waals surface area contributed by atoms with Gasteiger partial charge in [-0.15, -0.1) is 0 Å². The Morgan fingerprint density at radius 3 is 2.47 bits per heavy atom. The number of morpholine rings is 1. The highest BCUT2D eigenvalue weighted by molar-refractivity contribution is 14.1. The fourth-order valence-corrected chi connectivity index (χ4v) is 2.79. The van der Waals surface area contributed by atoms with Crippen molar-refractivity contribution >= 4 is 44.4 Å². The molecule has 0 N–H and O–H groups in total. The predicted octanol–water partition coefficient (Wildman–Crippen LogP) is 2.78. The van der Waals surface area contributed by atoms with E-state index in [1.165, 1.54) is 0 Å². The van der Waals surface area contributed by atoms with Crippen LogP contribution in [-0.2, 0) is 9.53 Å². The van der Waals surface area contributed by atoms with Crippen LogP contribution in [0.15, 0.2) is 28.7 Å². The fourth-order valence-electron chi connectivity index (χ4n) is 1.72. The van der Waals surface area contributed by atoms with Crippen molar-refractivity contribution in [2.24, 2.45) is 0 Å². The molecule has 1 fully saturated rings. The maximum Gasteiger partial charge on any atom is 0.240 e. The van der Waals surface area contributed by atoms with E-state index >= 15 is 0 Å². The number of rotatable bonds is 2. The highest BCUT2D eigenvalue weighted by atomic mass is 127. The quantitative estimate of drug-likeness (QED) is 0.555. The molecule has 17 heavy (non-hydrogen) atoms. The van der Waals surface area contributed by atoms with Crippen LogP contribution in [0, 0.1) is 0 Å². The molecule has 5 heteroatoms. The zero-order valence-corrected chi connectivity index (χ0v) is 13.0. The number of ether oxygens (including phenoxy) is 1. The van der Waals surface area contributed by atoms with E-state index in [0.717, 1.165) is 10.0 Å². The molecule has 92 valence electrons. The first-order chi connectivity index (χ1) is 8.18. The number of carbonyl (C=O) groups excluding carboxylic acids is 1. The molecule has 0 bridgehead atoms. The molecule has 1 atom stereocenters. The van der Waals surface area contributed by atoms with Crippen molar-refractivity contribution in [1.82, 2.24) is 4.90 Å². The van der Waals surface area contributed by atoms with Crippen molar-refractivity contribution in [3.63, 3.8) is 0 Å². The number of halogens is 2. The topological polar surface area (TPSA) is 29.5 Å². The second kappa shape index (κ2) is 6.15. The van der Waals surface area contributed by atoms with Crippen LogP contribution in [0.1, 0.15) is 9.49 Å². The molecule has 3 nitrogen and oxygen atoms in total. The number of carbonyl (C=O) groups is 1. The van der Waals surface area contributed by atoms with Gasteiger partial charge < -0.3 is 9.64 Å². The Morgan fingerprint density at radius 2 is 1.88 bits per heavy atom. The van der Waals surface area contributed by atoms with Crippen molar-refractivity contribution in [2.75, 3.05) is 26.3 Å². The molecule has 0 aromatic heterocycles. The Balaban J connectivity index is 2.05. The van der Waals surface area contributed by atoms with E-state index in [9.17, 15) is 4.79 Å². The second-order valence-electron chi connectivity index (χ2n) is 3.85. The van der Waals surface area contributed by atoms with Crippen LogP contribution < -0.4 is 0 Å². The van der Waals surface area contributed by atoms with Gasteiger partial charge in [0.15, 0.2) is 0 Å². The molecule has 0 saturated carbocycles. The van der Waals surface area contributed by atoms with E-state index in [0.29, 0.717) is 26.3 Å². The minimum Gasteiger partial charge on any atom is -0.378 e. The summed E-state index contributed by atoms with van der Waals surface area (Å²) in [5, 5.41) is 0. The van der Waals surface area contributed by atoms with E-state index in [1.54, 1.807) is 0 Å². The minimum atomic E-state index is -0.112. The van der Waals surface area contributed by atoms with E-state index < -0.39 is 0 Å². The summed E-state index contributed by atoms with van der Waals surface area (Å²) < 4.78 is 6.17. The molecule has 1 saturated heterocycles. The van der Waals surface area contributed by atoms with Crippen molar-refractivity contribution < 1.29 is 9.53 Å². The molecule has 1 amide bonds. The first-order valence-corrected chi connectivity index (χ1v) is 7.48. The zero-order chi connectivity index (χ0) is 12.3. The number of benzene rings is 1. The summed E-state index contributed by atoms with van der Waals surface area (Å²) in [5.74, 6) is 0.177. The summed E-state index contributed by atoms with van der Waals surface area (Å²) in [6.45, 7) is 2.70. The molecule has 0 radical (unpaired) electrons. The lowest BCUT2D eigenvalue weighted by Gasteiger charge is -2.28. The van der Waals surface area contributed by atoms with Gasteiger partial charge in [0.2, 0.25) is 5.91 Å². The maximum absolute atomic E-state index is 12.2. The van der Waals surface area contributed by atoms with E-state index in [4.69, 9.17) is 4.74 Å². The van der Waals surface area contributed by atoms with Gasteiger partial charge in [-0.3, -0.25) is 4.79 Å². The van der Waals surface area contributed by atoms with E-state index in [2.05, 4.69) is 38.5 Å². The van der Waals surface area contributed by atoms with Gasteiger partial charge in [0.05, 0.1) is 13.2 Å². The summed E-state index contributed by atoms with van der Waals surface area (Å²) >= 11 is 5.59. The first-order valence-electron chi connectivity index (χ1n) is 5.44. The standard InChI is InChI=1S/C12H13BrINO2/c13-10-3-1-9(2-4-10)11(14)12(16)15-5-7-17-8-6-15/h1-4,11H,5-8H2. The van der Waals surface area contributed by atoms with Crippen LogP contribution in [0.5, 0.6) is 0 Å². The summed E-state index contributed by atoms with van der Waals surface area (Å²) in [4.78, 5) is 14.1. The molecule has 1 aliphatic heterocycles. The summed E-state index contributed by atoms with van der Waals surface area (Å²) in [7, 11) is 0. The number of amides is 1. The molecule has 1 aromatic carbocycles. The van der Waals surface area contributed by atoms with E-state index in [-0.39, 0.29) is 9.83 Å². The molecular formula is C12H13BrINO2. The Labute approximate surface area is 123 Å². The Morgan fingerprint density at radius 1 is 1.29 bits per heavy atom. The molecular weight excluding hydrogens is 397 g/mol. The summed E-state index contributed by atoms with van der Waals surface area (Å²) in [6, 6.07) is 7.90. The van der Waals surface area contributed by atoms with Crippen LogP contribution in [0.3, 0.4) is 0 Å². The third kappa shape index (κ3) is 3.42. The van der Waals surface area contributed by atoms with Crippen LogP contribution >= 0.6 is 38.5 Å². The predicted molar refractivity (Wildman–Crippen MR) is 78.3 cm³/mol. The number of hydrogen-bond donors (Lipinski definition) is 0. The van der Waals surface area contributed by atoms with Gasteiger partial charge in [0.1, 0.15) is 3.92 Å². The summed E-state index contributed by atoms with van der Waals surface area (Å²) in [6.07, 6.45) is 0. The lowest BCUT2D eigenvalue weighted by atomic mass is 10.1. The number of hydrogen-bond acceptors (Lipinski definition) is 2. The molecule has 0 aliphatic carbocycles. The van der Waals surface area contributed by atoms with E-state index in [1.807, 2.05) is 29.2 Å². The lowest BCUT2D eigenvalue weighted by Crippen LogP contribution is -2.42. The zero-order valence-electron chi connectivity index (χ0n) is 9.23. The average molecular weight is 410 g/mol. The molecule has 0 spiro atoms. The lowest BCUT2D eigenvalue weighted by molar-refractivity contribution is -0.134. The first kappa shape index (κ1) is 13.3. The van der Waals surface area contributed by atoms with Crippen LogP contribution in [0.25, 0.3) is 0 Å². The van der Waals surface area contributed by atoms with Gasteiger partial charge in [0, 0.05) is 17.6 Å². The Kier molecular flexibility index (Phi) is 4.81. The minimum absolute atomic E-state index is 0.112. The molecule has 1 aliphatic rings. The Hall–Kier alpha value is -0.140. The third-order valence-electron chi connectivity index (χ3n) is 2.70. The molecule has 1 aromatic rings. The maximum atomic E-state index is 12.2. The highest BCUT2D eigenvalue weighted by Gasteiger charge is 2.24. The van der Waals surface area contributed by atoms with Gasteiger partial charge in [0.25, 0.3) is 0 Å². The van der Waals surface area contributed by atoms with Gasteiger partial charge in [-0.05, 0) is 17.7 Å². The monoisotopic (exact) mass is 409 g/mol. The largest absolute Gasteiger partial charge is 0.378 e. The third-order valence-corrected chi connectivity index (χ3v) is 4.48. The van der Waals surface area contributed by atoms with Crippen LogP contribution in [-0.4, -0.2) is 37.1 Å². The van der Waals surface area contributed by atoms with Gasteiger partial charge >= 0.3 is 0 Å². The number of alkyl halides is 1. The summed E-state index contributed by atoms with van der Waals surface area (Å²) in [5.41, 5.74) is 1.05. The van der Waals surface area contributed by atoms with Gasteiger partial charge in [-0.2, -0.15) is 0 Å². The molecule has 1 unspecified atom stereocenters. The highest BCUT2D eigenvalue weighted by Crippen LogP contribution is 2.27. The fraction of sp³-hybridized carbons (Fsp3) is 0.417. The van der Waals surface area contributed by atoms with Crippen LogP contribution in [0.2, 0.25) is 0 Å². The molecule has 1 heterocycles. The SMILES string of the molecule is O=C(C(I)c1ccc(Br)cc1)N1CCOCC1. The van der Waals surface area contributed by atoms with Crippen molar-refractivity contribution in [2.45, 2.75) is 3.92 Å². The second-order valence-corrected chi connectivity index (χ2v) is 6.01. The van der Waals surface area contributed by atoms with Crippen molar-refractivity contribution in [1.29, 1.82) is 0 Å². The Bertz CT molecular complexity index is 390. The molecule has 2 rings (SSSR count). The normalized spacial score (nSPS) is 17.9. The average Bonchev–Trinajstić information content (AvgIpc) is 2.39. The van der Waals surface area contributed by atoms with Gasteiger partial charge in [-0.25, -0.2) is 0 Å². The number of nitrogens with zero attached hydrogens (tertiary/aromatic N) is 1. The van der Waals surface area contributed by atoms with Gasteiger partial charge in [-0.1, -0.05) is 50.7 Å². The van der Waals surface area contributed by atoms with Crippen molar-refractivity contribution in [3.8, 4) is 0 Å². The smallest absolute Gasteiger partial charge is 0.240 e. The van der Waals surface area contributed by atoms with Crippen molar-refractivity contribution in [3.05, 3.63) is 34.3 Å². The van der Waals surface area contributed by atoms with Crippen LogP contribution in [0.4, 0.5) is 0 Å².